The van der Waals surface area contributed by atoms with Gasteiger partial charge in [-0.1, -0.05) is 0 Å². The van der Waals surface area contributed by atoms with E-state index in [1.807, 2.05) is 0 Å². The Labute approximate surface area is 102 Å². The van der Waals surface area contributed by atoms with Crippen LogP contribution in [0.4, 0.5) is 0 Å². The van der Waals surface area contributed by atoms with E-state index in [0.29, 0.717) is 0 Å². The summed E-state index contributed by atoms with van der Waals surface area (Å²) in [7, 11) is 1.78. The van der Waals surface area contributed by atoms with Gasteiger partial charge in [-0.05, 0) is 19.9 Å². The van der Waals surface area contributed by atoms with Crippen molar-refractivity contribution < 1.29 is 37.4 Å². The molecule has 1 fully saturated rings. The summed E-state index contributed by atoms with van der Waals surface area (Å²) in [4.78, 5) is 2.31. The molecule has 0 saturated carbocycles. The molecule has 1 atom stereocenters. The van der Waals surface area contributed by atoms with Crippen molar-refractivity contribution in [3.63, 3.8) is 0 Å². The van der Waals surface area contributed by atoms with Crippen LogP contribution in [0, 0.1) is 14.4 Å². The van der Waals surface area contributed by atoms with Gasteiger partial charge >= 0.3 is 0 Å². The van der Waals surface area contributed by atoms with Gasteiger partial charge in [0.25, 0.3) is 0 Å². The molecule has 71 valence electrons. The summed E-state index contributed by atoms with van der Waals surface area (Å²) in [5.41, 5.74) is 0.0949. The van der Waals surface area contributed by atoms with Gasteiger partial charge in [0.05, 0.1) is 5.60 Å². The summed E-state index contributed by atoms with van der Waals surface area (Å²) >= 11 is 0. The molecule has 3 heteroatoms. The van der Waals surface area contributed by atoms with E-state index < -0.39 is 0 Å². The molecule has 1 aliphatic heterocycles. The van der Waals surface area contributed by atoms with E-state index in [2.05, 4.69) is 18.7 Å². The van der Waals surface area contributed by atoms with Crippen molar-refractivity contribution in [1.29, 1.82) is 0 Å². The minimum absolute atomic E-state index is 0. The number of methoxy groups -OCH3 is 1. The molecule has 0 aromatic carbocycles. The topological polar surface area (TPSA) is 12.5 Å². The Morgan fingerprint density at radius 2 is 2.17 bits per heavy atom. The van der Waals surface area contributed by atoms with Gasteiger partial charge < -0.3 is 24.0 Å². The molecule has 0 N–H and O–H groups in total. The second-order valence-electron chi connectivity index (χ2n) is 3.18. The predicted octanol–water partition coefficient (Wildman–Crippen LogP) is 1.38. The fourth-order valence-corrected chi connectivity index (χ4v) is 1.38. The molecule has 2 nitrogen and oxygen atoms in total. The minimum atomic E-state index is 0. The van der Waals surface area contributed by atoms with Crippen LogP contribution in [0.1, 0.15) is 13.3 Å². The summed E-state index contributed by atoms with van der Waals surface area (Å²) in [5.74, 6) is 0. The number of ether oxygens (including phenoxy) is 1. The molecule has 1 unspecified atom stereocenters. The molecule has 12 heavy (non-hydrogen) atoms. The molecule has 1 radical (unpaired) electrons. The molecular weight excluding hydrogens is 227 g/mol. The van der Waals surface area contributed by atoms with Crippen LogP contribution < -0.4 is 0 Å². The molecular formula is C9H19NOY-2. The molecule has 1 rings (SSSR count). The first kappa shape index (κ1) is 15.5. The van der Waals surface area contributed by atoms with Crippen molar-refractivity contribution >= 4 is 0 Å². The third-order valence-corrected chi connectivity index (χ3v) is 2.32. The molecule has 0 aromatic rings. The Morgan fingerprint density at radius 1 is 1.58 bits per heavy atom. The Kier molecular flexibility index (Phi) is 8.36. The van der Waals surface area contributed by atoms with Gasteiger partial charge in [0.1, 0.15) is 0 Å². The molecule has 0 aliphatic carbocycles. The van der Waals surface area contributed by atoms with Gasteiger partial charge in [-0.3, -0.25) is 0 Å². The Balaban J connectivity index is 0. The first-order valence-corrected chi connectivity index (χ1v) is 3.77. The SMILES string of the molecule is [CH2-]CN1CCC(C)(OC)C1.[CH3-].[Y]. The van der Waals surface area contributed by atoms with Crippen LogP contribution in [0.25, 0.3) is 0 Å². The summed E-state index contributed by atoms with van der Waals surface area (Å²) in [6.07, 6.45) is 1.14. The van der Waals surface area contributed by atoms with E-state index in [1.54, 1.807) is 7.11 Å². The zero-order chi connectivity index (χ0) is 7.61. The second kappa shape index (κ2) is 6.47. The standard InChI is InChI=1S/C8H16NO.CH3.Y/c1-4-9-6-5-8(2,7-9)10-3;;/h1,4-7H2,2-3H3;1H3;/q2*-1;. The van der Waals surface area contributed by atoms with Crippen molar-refractivity contribution in [2.45, 2.75) is 18.9 Å². The number of nitrogens with zero attached hydrogens (tertiary/aromatic N) is 1. The maximum absolute atomic E-state index is 5.36. The molecule has 1 saturated heterocycles. The van der Waals surface area contributed by atoms with Crippen molar-refractivity contribution in [1.82, 2.24) is 4.90 Å². The van der Waals surface area contributed by atoms with Crippen molar-refractivity contribution in [2.24, 2.45) is 0 Å². The average Bonchev–Trinajstić information content (AvgIpc) is 2.33. The largest absolute Gasteiger partial charge is 0.377 e. The van der Waals surface area contributed by atoms with E-state index in [4.69, 9.17) is 4.74 Å². The molecule has 1 heterocycles. The number of hydrogen-bond acceptors (Lipinski definition) is 2. The summed E-state index contributed by atoms with van der Waals surface area (Å²) in [6, 6.07) is 0. The van der Waals surface area contributed by atoms with Crippen molar-refractivity contribution in [3.8, 4) is 0 Å². The molecule has 0 bridgehead atoms. The van der Waals surface area contributed by atoms with E-state index in [-0.39, 0.29) is 45.7 Å². The van der Waals surface area contributed by atoms with Gasteiger partial charge in [-0.2, -0.15) is 0 Å². The first-order valence-electron chi connectivity index (χ1n) is 3.77. The zero-order valence-corrected chi connectivity index (χ0v) is 11.3. The Morgan fingerprint density at radius 3 is 2.42 bits per heavy atom. The van der Waals surface area contributed by atoms with E-state index in [9.17, 15) is 0 Å². The van der Waals surface area contributed by atoms with Crippen molar-refractivity contribution in [3.05, 3.63) is 14.4 Å². The summed E-state index contributed by atoms with van der Waals surface area (Å²) in [5, 5.41) is 0. The Bertz CT molecular complexity index is 121. The van der Waals surface area contributed by atoms with Crippen LogP contribution in [-0.4, -0.2) is 37.2 Å². The third kappa shape index (κ3) is 3.82. The smallest absolute Gasteiger partial charge is 0.0788 e. The van der Waals surface area contributed by atoms with Crippen LogP contribution in [0.5, 0.6) is 0 Å². The number of likely N-dealkylation sites (tertiary alicyclic amines) is 1. The maximum Gasteiger partial charge on any atom is 0.0788 e. The van der Waals surface area contributed by atoms with Gasteiger partial charge in [0.15, 0.2) is 0 Å². The van der Waals surface area contributed by atoms with Crippen LogP contribution in [-0.2, 0) is 37.4 Å². The number of rotatable bonds is 2. The van der Waals surface area contributed by atoms with Crippen LogP contribution >= 0.6 is 0 Å². The molecule has 0 aromatic heterocycles. The molecule has 0 spiro atoms. The summed E-state index contributed by atoms with van der Waals surface area (Å²) in [6.45, 7) is 9.06. The summed E-state index contributed by atoms with van der Waals surface area (Å²) < 4.78 is 5.36. The fourth-order valence-electron chi connectivity index (χ4n) is 1.38. The number of hydrogen-bond donors (Lipinski definition) is 0. The van der Waals surface area contributed by atoms with Gasteiger partial charge in [0.2, 0.25) is 0 Å². The first-order chi connectivity index (χ1) is 4.70. The second-order valence-corrected chi connectivity index (χ2v) is 3.18. The third-order valence-electron chi connectivity index (χ3n) is 2.32. The van der Waals surface area contributed by atoms with Gasteiger partial charge in [-0.25, -0.2) is 0 Å². The Hall–Kier alpha value is 1.02. The quantitative estimate of drug-likeness (QED) is 0.682. The van der Waals surface area contributed by atoms with Crippen LogP contribution in [0.3, 0.4) is 0 Å². The predicted molar refractivity (Wildman–Crippen MR) is 48.2 cm³/mol. The normalized spacial score (nSPS) is 29.2. The van der Waals surface area contributed by atoms with E-state index in [1.165, 1.54) is 0 Å². The van der Waals surface area contributed by atoms with Crippen LogP contribution in [0.2, 0.25) is 0 Å². The van der Waals surface area contributed by atoms with E-state index >= 15 is 0 Å². The molecule has 0 amide bonds. The van der Waals surface area contributed by atoms with Gasteiger partial charge in [-0.15, -0.1) is 6.54 Å². The molecule has 1 aliphatic rings. The van der Waals surface area contributed by atoms with Gasteiger partial charge in [0, 0.05) is 46.4 Å². The maximum atomic E-state index is 5.36. The minimum Gasteiger partial charge on any atom is -0.377 e. The van der Waals surface area contributed by atoms with Crippen molar-refractivity contribution in [2.75, 3.05) is 26.7 Å². The average molecular weight is 246 g/mol. The van der Waals surface area contributed by atoms with E-state index in [0.717, 1.165) is 26.1 Å². The van der Waals surface area contributed by atoms with Crippen LogP contribution in [0.15, 0.2) is 0 Å². The fraction of sp³-hybridized carbons (Fsp3) is 0.778. The zero-order valence-electron chi connectivity index (χ0n) is 8.47. The monoisotopic (exact) mass is 246 g/mol.